The van der Waals surface area contributed by atoms with Crippen LogP contribution in [0.4, 0.5) is 16.0 Å². The molecule has 0 amide bonds. The van der Waals surface area contributed by atoms with Crippen LogP contribution in [-0.4, -0.2) is 101 Å². The Morgan fingerprint density at radius 1 is 0.848 bits per heavy atom. The number of nitrogen functional groups attached to an aromatic ring is 2. The van der Waals surface area contributed by atoms with Crippen LogP contribution in [0.1, 0.15) is 12.5 Å². The summed E-state index contributed by atoms with van der Waals surface area (Å²) in [7, 11) is 0. The first-order chi connectivity index (χ1) is 22.0. The SMILES string of the molecule is Nc1ncnc2c1ncn2[C@@H]1O[C@@H]2CO[P@@](=O)(S)O[C@@H]3C(CO[P@@](=O)(S)O[C@H]2[C@H]1F)O[C@@H](n1cnc2c(N)ncnc21)[C@@H]3OCO. The first-order valence-corrected chi connectivity index (χ1v) is 18.7. The number of alkyl halides is 1. The molecule has 7 rings (SSSR count). The van der Waals surface area contributed by atoms with Crippen molar-refractivity contribution < 1.29 is 50.9 Å². The third kappa shape index (κ3) is 5.77. The molecule has 0 aliphatic carbocycles. The fraction of sp³-hybridized carbons (Fsp3) is 0.524. The van der Waals surface area contributed by atoms with Crippen molar-refractivity contribution in [1.82, 2.24) is 39.0 Å². The molecule has 248 valence electrons. The van der Waals surface area contributed by atoms with Crippen LogP contribution in [0.25, 0.3) is 22.3 Å². The van der Waals surface area contributed by atoms with Crippen molar-refractivity contribution in [2.75, 3.05) is 31.5 Å². The number of rotatable bonds is 4. The van der Waals surface area contributed by atoms with E-state index in [1.54, 1.807) is 0 Å². The minimum absolute atomic E-state index is 0.0572. The number of ether oxygens (including phenoxy) is 3. The molecule has 46 heavy (non-hydrogen) atoms. The highest BCUT2D eigenvalue weighted by Gasteiger charge is 2.54. The highest BCUT2D eigenvalue weighted by atomic mass is 32.7. The molecule has 3 fully saturated rings. The molecule has 3 saturated heterocycles. The maximum atomic E-state index is 16.0. The average molecular weight is 723 g/mol. The molecule has 3 aliphatic rings. The van der Waals surface area contributed by atoms with E-state index in [4.69, 9.17) is 43.8 Å². The van der Waals surface area contributed by atoms with E-state index >= 15 is 4.39 Å². The second-order valence-corrected chi connectivity index (χ2v) is 15.9. The molecule has 0 radical (unpaired) electrons. The van der Waals surface area contributed by atoms with Gasteiger partial charge in [0.05, 0.1) is 25.9 Å². The molecule has 0 bridgehead atoms. The summed E-state index contributed by atoms with van der Waals surface area (Å²) in [6.07, 6.45) is -6.31. The maximum Gasteiger partial charge on any atom is 0.386 e. The van der Waals surface area contributed by atoms with Gasteiger partial charge >= 0.3 is 13.6 Å². The van der Waals surface area contributed by atoms with Gasteiger partial charge in [0.2, 0.25) is 0 Å². The first kappa shape index (κ1) is 32.0. The van der Waals surface area contributed by atoms with E-state index in [1.807, 2.05) is 0 Å². The fourth-order valence-electron chi connectivity index (χ4n) is 5.45. The van der Waals surface area contributed by atoms with Crippen LogP contribution >= 0.6 is 38.1 Å². The second kappa shape index (κ2) is 12.2. The number of aliphatic hydroxyl groups excluding tert-OH is 1. The molecule has 4 aromatic heterocycles. The number of anilines is 2. The lowest BCUT2D eigenvalue weighted by atomic mass is 10.1. The van der Waals surface area contributed by atoms with E-state index in [-0.39, 0.29) is 34.0 Å². The minimum Gasteiger partial charge on any atom is -0.382 e. The Kier molecular flexibility index (Phi) is 8.48. The van der Waals surface area contributed by atoms with Crippen molar-refractivity contribution in [2.24, 2.45) is 0 Å². The highest BCUT2D eigenvalue weighted by molar-refractivity contribution is 8.44. The first-order valence-electron chi connectivity index (χ1n) is 13.3. The fourth-order valence-corrected chi connectivity index (χ4v) is 8.42. The van der Waals surface area contributed by atoms with Crippen LogP contribution in [-0.2, 0) is 41.4 Å². The number of aliphatic hydroxyl groups is 1. The second-order valence-electron chi connectivity index (χ2n) is 10.2. The minimum atomic E-state index is -4.37. The van der Waals surface area contributed by atoms with E-state index < -0.39 is 82.7 Å². The van der Waals surface area contributed by atoms with Gasteiger partial charge in [-0.25, -0.2) is 43.4 Å². The number of imidazole rings is 2. The molecule has 3 aliphatic heterocycles. The number of fused-ring (bicyclic) bond motifs is 4. The number of halogens is 1. The predicted molar refractivity (Wildman–Crippen MR) is 159 cm³/mol. The van der Waals surface area contributed by atoms with E-state index in [0.717, 1.165) is 0 Å². The van der Waals surface area contributed by atoms with Crippen LogP contribution in [0.2, 0.25) is 0 Å². The molecule has 5 N–H and O–H groups in total. The van der Waals surface area contributed by atoms with Crippen LogP contribution in [0.15, 0.2) is 25.3 Å². The summed E-state index contributed by atoms with van der Waals surface area (Å²) in [5.41, 5.74) is 12.6. The number of nitrogens with two attached hydrogens (primary N) is 2. The van der Waals surface area contributed by atoms with Crippen molar-refractivity contribution >= 4 is 72.1 Å². The predicted octanol–water partition coefficient (Wildman–Crippen LogP) is 1.19. The van der Waals surface area contributed by atoms with E-state index in [2.05, 4.69) is 54.4 Å². The number of thiol groups is 2. The molecule has 0 saturated carbocycles. The molecule has 10 atom stereocenters. The molecule has 4 aromatic rings. The van der Waals surface area contributed by atoms with Crippen LogP contribution in [0.3, 0.4) is 0 Å². The van der Waals surface area contributed by atoms with Crippen LogP contribution in [0.5, 0.6) is 0 Å². The smallest absolute Gasteiger partial charge is 0.382 e. The highest BCUT2D eigenvalue weighted by Crippen LogP contribution is 2.60. The van der Waals surface area contributed by atoms with Gasteiger partial charge in [-0.15, -0.1) is 0 Å². The number of hydrogen-bond donors (Lipinski definition) is 5. The summed E-state index contributed by atoms with van der Waals surface area (Å²) in [5, 5.41) is 9.72. The van der Waals surface area contributed by atoms with E-state index in [1.165, 1.54) is 34.4 Å². The van der Waals surface area contributed by atoms with Gasteiger partial charge in [0, 0.05) is 0 Å². The zero-order valence-corrected chi connectivity index (χ0v) is 26.6. The zero-order valence-electron chi connectivity index (χ0n) is 23.1. The number of hydrogen-bond acceptors (Lipinski definition) is 18. The summed E-state index contributed by atoms with van der Waals surface area (Å²) < 4.78 is 85.7. The summed E-state index contributed by atoms with van der Waals surface area (Å²) >= 11 is 8.17. The van der Waals surface area contributed by atoms with Crippen LogP contribution in [0, 0.1) is 0 Å². The molecule has 7 heterocycles. The molecular weight excluding hydrogens is 697 g/mol. The normalized spacial score (nSPS) is 37.1. The number of nitrogens with zero attached hydrogens (tertiary/aromatic N) is 8. The summed E-state index contributed by atoms with van der Waals surface area (Å²) in [4.78, 5) is 24.4. The van der Waals surface area contributed by atoms with Gasteiger partial charge in [0.1, 0.15) is 61.0 Å². The third-order valence-corrected chi connectivity index (χ3v) is 10.7. The van der Waals surface area contributed by atoms with Gasteiger partial charge in [0.25, 0.3) is 0 Å². The summed E-state index contributed by atoms with van der Waals surface area (Å²) in [5.74, 6) is 0.149. The Balaban J connectivity index is 1.19. The molecule has 0 aromatic carbocycles. The van der Waals surface area contributed by atoms with Crippen molar-refractivity contribution in [3.05, 3.63) is 25.3 Å². The Hall–Kier alpha value is -2.53. The largest absolute Gasteiger partial charge is 0.386 e. The van der Waals surface area contributed by atoms with E-state index in [0.29, 0.717) is 0 Å². The van der Waals surface area contributed by atoms with Gasteiger partial charge in [-0.2, -0.15) is 0 Å². The maximum absolute atomic E-state index is 16.0. The third-order valence-electron chi connectivity index (χ3n) is 7.46. The number of aromatic nitrogens is 8. The quantitative estimate of drug-likeness (QED) is 0.113. The average Bonchev–Trinajstić information content (AvgIpc) is 3.77. The van der Waals surface area contributed by atoms with Gasteiger partial charge in [0.15, 0.2) is 41.6 Å². The van der Waals surface area contributed by atoms with Crippen molar-refractivity contribution in [3.8, 4) is 0 Å². The Morgan fingerprint density at radius 2 is 1.35 bits per heavy atom. The van der Waals surface area contributed by atoms with Gasteiger partial charge in [-0.05, 0) is 0 Å². The lowest BCUT2D eigenvalue weighted by molar-refractivity contribution is -0.114. The summed E-state index contributed by atoms with van der Waals surface area (Å²) in [6.45, 7) is -10.7. The molecule has 1 unspecified atom stereocenters. The monoisotopic (exact) mass is 722 g/mol. The van der Waals surface area contributed by atoms with Crippen molar-refractivity contribution in [3.63, 3.8) is 0 Å². The lowest BCUT2D eigenvalue weighted by Gasteiger charge is -2.29. The molecule has 20 nitrogen and oxygen atoms in total. The standard InChI is InChI=1S/C21H25FN10O10P2S2/c22-10-13-8(39-20(10)31-5-29-11-16(23)25-3-27-18(11)31)1-37-44(35,46)42-14-9(2-38-43(34,45)41-13)40-21(15(14)36-7-33)32-6-30-12-17(24)26-4-28-19(12)32/h3-6,8-10,13-15,20-21,33H,1-2,7H2,(H,34,45)(H,35,46)(H2,23,25,27)(H2,24,26,28)/t8-,9?,10-,13-,14-,15-,20-,21-,43-,44-/m1/s1. The van der Waals surface area contributed by atoms with Gasteiger partial charge in [-0.1, -0.05) is 24.5 Å². The molecule has 0 spiro atoms. The van der Waals surface area contributed by atoms with Gasteiger partial charge < -0.3 is 30.8 Å². The van der Waals surface area contributed by atoms with E-state index in [9.17, 15) is 14.2 Å². The lowest BCUT2D eigenvalue weighted by Crippen LogP contribution is -2.39. The van der Waals surface area contributed by atoms with Crippen molar-refractivity contribution in [2.45, 2.75) is 49.1 Å². The summed E-state index contributed by atoms with van der Waals surface area (Å²) in [6, 6.07) is 0. The molecular formula is C21H25FN10O10P2S2. The Bertz CT molecular complexity index is 1870. The zero-order chi connectivity index (χ0) is 32.4. The molecule has 25 heteroatoms. The van der Waals surface area contributed by atoms with Gasteiger partial charge in [-0.3, -0.25) is 27.2 Å². The topological polar surface area (TPSA) is 258 Å². The Morgan fingerprint density at radius 3 is 1.91 bits per heavy atom. The Labute approximate surface area is 267 Å². The van der Waals surface area contributed by atoms with Crippen LogP contribution < -0.4 is 11.5 Å². The van der Waals surface area contributed by atoms with Crippen molar-refractivity contribution in [1.29, 1.82) is 0 Å².